The average molecular weight is 248 g/mol. The van der Waals surface area contributed by atoms with Crippen LogP contribution in [0.5, 0.6) is 0 Å². The van der Waals surface area contributed by atoms with Crippen LogP contribution in [0.25, 0.3) is 0 Å². The van der Waals surface area contributed by atoms with Crippen LogP contribution in [0.1, 0.15) is 24.0 Å². The molecule has 1 aliphatic heterocycles. The van der Waals surface area contributed by atoms with Crippen LogP contribution >= 0.6 is 0 Å². The summed E-state index contributed by atoms with van der Waals surface area (Å²) in [6.45, 7) is 2.50. The molecule has 0 bridgehead atoms. The van der Waals surface area contributed by atoms with E-state index in [2.05, 4.69) is 11.0 Å². The molecule has 0 atom stereocenters. The van der Waals surface area contributed by atoms with Gasteiger partial charge in [-0.15, -0.1) is 0 Å². The molecule has 1 aliphatic rings. The van der Waals surface area contributed by atoms with Gasteiger partial charge in [-0.2, -0.15) is 5.26 Å². The molecule has 0 radical (unpaired) electrons. The van der Waals surface area contributed by atoms with Crippen molar-refractivity contribution in [1.29, 1.82) is 5.26 Å². The number of nitriles is 1. The third-order valence-corrected chi connectivity index (χ3v) is 3.45. The summed E-state index contributed by atoms with van der Waals surface area (Å²) in [5.74, 6) is -0.282. The van der Waals surface area contributed by atoms with Gasteiger partial charge in [-0.3, -0.25) is 4.90 Å². The van der Waals surface area contributed by atoms with Crippen LogP contribution < -0.4 is 0 Å². The average Bonchev–Trinajstić information content (AvgIpc) is 2.40. The fourth-order valence-electron chi connectivity index (χ4n) is 2.35. The molecular weight excluding hydrogens is 231 g/mol. The van der Waals surface area contributed by atoms with Crippen molar-refractivity contribution in [3.63, 3.8) is 0 Å². The highest BCUT2D eigenvalue weighted by atomic mass is 19.1. The Bertz CT molecular complexity index is 448. The van der Waals surface area contributed by atoms with Crippen LogP contribution in [0.2, 0.25) is 0 Å². The number of halogens is 1. The zero-order valence-corrected chi connectivity index (χ0v) is 10.5. The van der Waals surface area contributed by atoms with Crippen LogP contribution in [0.15, 0.2) is 18.2 Å². The molecule has 1 saturated heterocycles. The van der Waals surface area contributed by atoms with E-state index in [4.69, 9.17) is 10.00 Å². The molecule has 18 heavy (non-hydrogen) atoms. The second-order valence-corrected chi connectivity index (χ2v) is 4.62. The van der Waals surface area contributed by atoms with Crippen molar-refractivity contribution < 1.29 is 9.13 Å². The fraction of sp³-hybridized carbons (Fsp3) is 0.500. The summed E-state index contributed by atoms with van der Waals surface area (Å²) in [5, 5.41) is 9.01. The lowest BCUT2D eigenvalue weighted by molar-refractivity contribution is 0.0388. The first-order valence-electron chi connectivity index (χ1n) is 6.16. The lowest BCUT2D eigenvalue weighted by Crippen LogP contribution is -2.36. The van der Waals surface area contributed by atoms with Crippen molar-refractivity contribution in [3.8, 4) is 6.07 Å². The summed E-state index contributed by atoms with van der Waals surface area (Å²) >= 11 is 0. The first-order valence-corrected chi connectivity index (χ1v) is 6.16. The molecule has 0 aromatic heterocycles. The molecule has 2 rings (SSSR count). The molecule has 4 heteroatoms. The standard InChI is InChI=1S/C14H17FN2O/c1-18-14-4-6-17(7-5-14)10-12-8-13(15)3-2-11(12)9-16/h2-3,8,14H,4-7,10H2,1H3. The van der Waals surface area contributed by atoms with E-state index >= 15 is 0 Å². The molecule has 1 fully saturated rings. The highest BCUT2D eigenvalue weighted by molar-refractivity contribution is 5.37. The van der Waals surface area contributed by atoms with Gasteiger partial charge in [-0.1, -0.05) is 0 Å². The molecule has 0 unspecified atom stereocenters. The normalized spacial score (nSPS) is 17.6. The SMILES string of the molecule is COC1CCN(Cc2cc(F)ccc2C#N)CC1. The van der Waals surface area contributed by atoms with Crippen molar-refractivity contribution in [1.82, 2.24) is 4.90 Å². The van der Waals surface area contributed by atoms with Gasteiger partial charge in [0.25, 0.3) is 0 Å². The van der Waals surface area contributed by atoms with Crippen LogP contribution in [0, 0.1) is 17.1 Å². The van der Waals surface area contributed by atoms with E-state index in [9.17, 15) is 4.39 Å². The molecule has 0 aliphatic carbocycles. The Morgan fingerprint density at radius 1 is 1.44 bits per heavy atom. The summed E-state index contributed by atoms with van der Waals surface area (Å²) in [7, 11) is 1.74. The molecular formula is C14H17FN2O. The predicted octanol–water partition coefficient (Wildman–Crippen LogP) is 2.31. The monoisotopic (exact) mass is 248 g/mol. The van der Waals surface area contributed by atoms with E-state index in [0.29, 0.717) is 18.2 Å². The highest BCUT2D eigenvalue weighted by Gasteiger charge is 2.19. The number of nitrogens with zero attached hydrogens (tertiary/aromatic N) is 2. The van der Waals surface area contributed by atoms with E-state index in [-0.39, 0.29) is 5.82 Å². The number of ether oxygens (including phenoxy) is 1. The van der Waals surface area contributed by atoms with Gasteiger partial charge in [-0.25, -0.2) is 4.39 Å². The summed E-state index contributed by atoms with van der Waals surface area (Å²) < 4.78 is 18.5. The Kier molecular flexibility index (Phi) is 4.29. The maximum Gasteiger partial charge on any atom is 0.123 e. The molecule has 3 nitrogen and oxygen atoms in total. The van der Waals surface area contributed by atoms with Crippen LogP contribution in [-0.4, -0.2) is 31.2 Å². The van der Waals surface area contributed by atoms with E-state index in [1.807, 2.05) is 0 Å². The smallest absolute Gasteiger partial charge is 0.123 e. The summed E-state index contributed by atoms with van der Waals surface area (Å²) in [5.41, 5.74) is 1.33. The molecule has 1 aromatic rings. The summed E-state index contributed by atoms with van der Waals surface area (Å²) in [6, 6.07) is 6.45. The third-order valence-electron chi connectivity index (χ3n) is 3.45. The summed E-state index contributed by atoms with van der Waals surface area (Å²) in [6.07, 6.45) is 2.32. The van der Waals surface area contributed by atoms with Crippen molar-refractivity contribution >= 4 is 0 Å². The maximum atomic E-state index is 13.2. The lowest BCUT2D eigenvalue weighted by Gasteiger charge is -2.31. The van der Waals surface area contributed by atoms with E-state index < -0.39 is 0 Å². The second kappa shape index (κ2) is 5.94. The van der Waals surface area contributed by atoms with Crippen molar-refractivity contribution in [2.45, 2.75) is 25.5 Å². The Balaban J connectivity index is 2.02. The third kappa shape index (κ3) is 3.06. The lowest BCUT2D eigenvalue weighted by atomic mass is 10.0. The van der Waals surface area contributed by atoms with E-state index in [0.717, 1.165) is 31.5 Å². The first-order chi connectivity index (χ1) is 8.72. The molecule has 0 spiro atoms. The van der Waals surface area contributed by atoms with Crippen molar-refractivity contribution in [2.75, 3.05) is 20.2 Å². The molecule has 0 N–H and O–H groups in total. The van der Waals surface area contributed by atoms with Gasteiger partial charge < -0.3 is 4.74 Å². The van der Waals surface area contributed by atoms with E-state index in [1.54, 1.807) is 13.2 Å². The number of benzene rings is 1. The molecule has 1 heterocycles. The Morgan fingerprint density at radius 3 is 2.78 bits per heavy atom. The van der Waals surface area contributed by atoms with Crippen LogP contribution in [0.3, 0.4) is 0 Å². The fourth-order valence-corrected chi connectivity index (χ4v) is 2.35. The summed E-state index contributed by atoms with van der Waals surface area (Å²) in [4.78, 5) is 2.24. The number of hydrogen-bond donors (Lipinski definition) is 0. The second-order valence-electron chi connectivity index (χ2n) is 4.62. The Labute approximate surface area is 107 Å². The van der Waals surface area contributed by atoms with E-state index in [1.165, 1.54) is 12.1 Å². The highest BCUT2D eigenvalue weighted by Crippen LogP contribution is 2.18. The van der Waals surface area contributed by atoms with Crippen molar-refractivity contribution in [2.24, 2.45) is 0 Å². The van der Waals surface area contributed by atoms with Gasteiger partial charge >= 0.3 is 0 Å². The maximum absolute atomic E-state index is 13.2. The molecule has 1 aromatic carbocycles. The minimum absolute atomic E-state index is 0.282. The molecule has 0 saturated carbocycles. The van der Waals surface area contributed by atoms with Crippen LogP contribution in [-0.2, 0) is 11.3 Å². The first kappa shape index (κ1) is 13.0. The van der Waals surface area contributed by atoms with Gasteiger partial charge in [0.2, 0.25) is 0 Å². The minimum Gasteiger partial charge on any atom is -0.381 e. The quantitative estimate of drug-likeness (QED) is 0.823. The van der Waals surface area contributed by atoms with Gasteiger partial charge in [-0.05, 0) is 36.6 Å². The molecule has 96 valence electrons. The number of likely N-dealkylation sites (tertiary alicyclic amines) is 1. The van der Waals surface area contributed by atoms with Gasteiger partial charge in [0.1, 0.15) is 5.82 Å². The Morgan fingerprint density at radius 2 is 2.17 bits per heavy atom. The minimum atomic E-state index is -0.282. The number of piperidine rings is 1. The number of rotatable bonds is 3. The number of hydrogen-bond acceptors (Lipinski definition) is 3. The van der Waals surface area contributed by atoms with Gasteiger partial charge in [0.05, 0.1) is 17.7 Å². The van der Waals surface area contributed by atoms with Crippen LogP contribution in [0.4, 0.5) is 4.39 Å². The van der Waals surface area contributed by atoms with Gasteiger partial charge in [0.15, 0.2) is 0 Å². The zero-order chi connectivity index (χ0) is 13.0. The Hall–Kier alpha value is -1.44. The largest absolute Gasteiger partial charge is 0.381 e. The zero-order valence-electron chi connectivity index (χ0n) is 10.5. The van der Waals surface area contributed by atoms with Gasteiger partial charge in [0, 0.05) is 26.7 Å². The topological polar surface area (TPSA) is 36.3 Å². The predicted molar refractivity (Wildman–Crippen MR) is 66.4 cm³/mol. The molecule has 0 amide bonds. The van der Waals surface area contributed by atoms with Crippen molar-refractivity contribution in [3.05, 3.63) is 35.1 Å². The number of methoxy groups -OCH3 is 1.